The molecule has 1 saturated heterocycles. The maximum absolute atomic E-state index is 5.52. The highest BCUT2D eigenvalue weighted by Crippen LogP contribution is 2.22. The van der Waals surface area contributed by atoms with E-state index < -0.39 is 0 Å². The molecule has 0 saturated carbocycles. The van der Waals surface area contributed by atoms with Crippen LogP contribution >= 0.6 is 0 Å². The molecule has 76 valence electrons. The van der Waals surface area contributed by atoms with Gasteiger partial charge in [0.1, 0.15) is 0 Å². The highest BCUT2D eigenvalue weighted by Gasteiger charge is 2.23. The van der Waals surface area contributed by atoms with Crippen LogP contribution in [-0.4, -0.2) is 12.6 Å². The molecule has 1 fully saturated rings. The van der Waals surface area contributed by atoms with Crippen LogP contribution in [0.15, 0.2) is 30.3 Å². The van der Waals surface area contributed by atoms with Crippen LogP contribution in [-0.2, 0) is 0 Å². The van der Waals surface area contributed by atoms with Gasteiger partial charge in [0.2, 0.25) is 0 Å². The molecule has 4 N–H and O–H groups in total. The minimum Gasteiger partial charge on any atom is -0.330 e. The van der Waals surface area contributed by atoms with Crippen molar-refractivity contribution < 1.29 is 0 Å². The van der Waals surface area contributed by atoms with Crippen LogP contribution < -0.4 is 16.6 Å². The maximum Gasteiger partial charge on any atom is 0.0477 e. The molecule has 2 rings (SSSR count). The molecule has 2 atom stereocenters. The molecular weight excluding hydrogens is 174 g/mol. The first kappa shape index (κ1) is 9.65. The summed E-state index contributed by atoms with van der Waals surface area (Å²) in [6.07, 6.45) is 2.16. The number of hydrazine groups is 1. The van der Waals surface area contributed by atoms with Gasteiger partial charge in [-0.05, 0) is 24.9 Å². The molecule has 1 aromatic carbocycles. The van der Waals surface area contributed by atoms with Crippen LogP contribution in [0.3, 0.4) is 0 Å². The predicted molar refractivity (Wildman–Crippen MR) is 57.5 cm³/mol. The summed E-state index contributed by atoms with van der Waals surface area (Å²) in [6.45, 7) is 0.751. The van der Waals surface area contributed by atoms with Crippen molar-refractivity contribution in [3.63, 3.8) is 0 Å². The topological polar surface area (TPSA) is 50.1 Å². The van der Waals surface area contributed by atoms with Crippen LogP contribution in [0, 0.1) is 0 Å². The van der Waals surface area contributed by atoms with Crippen molar-refractivity contribution in [3.05, 3.63) is 35.9 Å². The first-order valence-electron chi connectivity index (χ1n) is 5.16. The molecule has 0 aliphatic carbocycles. The van der Waals surface area contributed by atoms with E-state index in [2.05, 4.69) is 35.1 Å². The highest BCUT2D eigenvalue weighted by atomic mass is 15.4. The molecule has 1 aliphatic heterocycles. The SMILES string of the molecule is NCCC1CC(c2ccccc2)NN1. The Hall–Kier alpha value is -0.900. The number of nitrogens with two attached hydrogens (primary N) is 1. The lowest BCUT2D eigenvalue weighted by molar-refractivity contribution is 0.521. The van der Waals surface area contributed by atoms with Crippen molar-refractivity contribution in [2.45, 2.75) is 24.9 Å². The van der Waals surface area contributed by atoms with Crippen molar-refractivity contribution in [2.75, 3.05) is 6.54 Å². The Morgan fingerprint density at radius 2 is 2.00 bits per heavy atom. The minimum absolute atomic E-state index is 0.438. The quantitative estimate of drug-likeness (QED) is 0.666. The Kier molecular flexibility index (Phi) is 3.14. The zero-order valence-electron chi connectivity index (χ0n) is 8.24. The van der Waals surface area contributed by atoms with Crippen LogP contribution in [0.25, 0.3) is 0 Å². The van der Waals surface area contributed by atoms with Crippen molar-refractivity contribution in [1.29, 1.82) is 0 Å². The Balaban J connectivity index is 1.96. The second-order valence-corrected chi connectivity index (χ2v) is 3.76. The third kappa shape index (κ3) is 2.12. The van der Waals surface area contributed by atoms with Crippen molar-refractivity contribution in [2.24, 2.45) is 5.73 Å². The summed E-state index contributed by atoms with van der Waals surface area (Å²) in [6, 6.07) is 11.5. The number of rotatable bonds is 3. The largest absolute Gasteiger partial charge is 0.330 e. The van der Waals surface area contributed by atoms with E-state index in [0.717, 1.165) is 19.4 Å². The smallest absolute Gasteiger partial charge is 0.0477 e. The molecule has 14 heavy (non-hydrogen) atoms. The summed E-state index contributed by atoms with van der Waals surface area (Å²) < 4.78 is 0. The standard InChI is InChI=1S/C11H17N3/c12-7-6-10-8-11(14-13-10)9-4-2-1-3-5-9/h1-5,10-11,13-14H,6-8,12H2. The zero-order chi connectivity index (χ0) is 9.80. The second kappa shape index (κ2) is 4.55. The van der Waals surface area contributed by atoms with Crippen molar-refractivity contribution in [3.8, 4) is 0 Å². The summed E-state index contributed by atoms with van der Waals surface area (Å²) in [5.74, 6) is 0. The molecule has 0 spiro atoms. The number of nitrogens with one attached hydrogen (secondary N) is 2. The number of benzene rings is 1. The average molecular weight is 191 g/mol. The molecule has 0 radical (unpaired) electrons. The fraction of sp³-hybridized carbons (Fsp3) is 0.455. The Morgan fingerprint density at radius 3 is 2.71 bits per heavy atom. The van der Waals surface area contributed by atoms with Crippen molar-refractivity contribution in [1.82, 2.24) is 10.9 Å². The molecule has 1 aliphatic rings. The summed E-state index contributed by atoms with van der Waals surface area (Å²) in [5, 5.41) is 0. The van der Waals surface area contributed by atoms with Gasteiger partial charge in [0.05, 0.1) is 0 Å². The van der Waals surface area contributed by atoms with Crippen molar-refractivity contribution >= 4 is 0 Å². The van der Waals surface area contributed by atoms with E-state index in [1.807, 2.05) is 6.07 Å². The van der Waals surface area contributed by atoms with Crippen LogP contribution in [0.1, 0.15) is 24.4 Å². The molecule has 0 amide bonds. The van der Waals surface area contributed by atoms with Gasteiger partial charge in [0.15, 0.2) is 0 Å². The van der Waals surface area contributed by atoms with Gasteiger partial charge in [-0.2, -0.15) is 0 Å². The fourth-order valence-electron chi connectivity index (χ4n) is 1.92. The van der Waals surface area contributed by atoms with Crippen LogP contribution in [0.2, 0.25) is 0 Å². The second-order valence-electron chi connectivity index (χ2n) is 3.76. The predicted octanol–water partition coefficient (Wildman–Crippen LogP) is 0.943. The molecular formula is C11H17N3. The van der Waals surface area contributed by atoms with Crippen LogP contribution in [0.4, 0.5) is 0 Å². The normalized spacial score (nSPS) is 26.6. The Labute approximate surface area is 84.7 Å². The number of hydrogen-bond donors (Lipinski definition) is 3. The lowest BCUT2D eigenvalue weighted by Crippen LogP contribution is -2.32. The molecule has 0 aromatic heterocycles. The third-order valence-corrected chi connectivity index (χ3v) is 2.70. The molecule has 3 heteroatoms. The monoisotopic (exact) mass is 191 g/mol. The zero-order valence-corrected chi connectivity index (χ0v) is 8.24. The third-order valence-electron chi connectivity index (χ3n) is 2.70. The van der Waals surface area contributed by atoms with E-state index in [-0.39, 0.29) is 0 Å². The summed E-state index contributed by atoms with van der Waals surface area (Å²) in [4.78, 5) is 0. The first-order valence-corrected chi connectivity index (χ1v) is 5.16. The Bertz CT molecular complexity index is 273. The van der Waals surface area contributed by atoms with E-state index in [1.54, 1.807) is 0 Å². The summed E-state index contributed by atoms with van der Waals surface area (Å²) >= 11 is 0. The Morgan fingerprint density at radius 1 is 1.21 bits per heavy atom. The first-order chi connectivity index (χ1) is 6.90. The van der Waals surface area contributed by atoms with Gasteiger partial charge in [-0.1, -0.05) is 30.3 Å². The lowest BCUT2D eigenvalue weighted by Gasteiger charge is -2.08. The van der Waals surface area contributed by atoms with Gasteiger partial charge >= 0.3 is 0 Å². The average Bonchev–Trinajstić information content (AvgIpc) is 2.68. The van der Waals surface area contributed by atoms with Crippen LogP contribution in [0.5, 0.6) is 0 Å². The summed E-state index contributed by atoms with van der Waals surface area (Å²) in [5.41, 5.74) is 13.4. The molecule has 1 aromatic rings. The van der Waals surface area contributed by atoms with Gasteiger partial charge in [0, 0.05) is 12.1 Å². The van der Waals surface area contributed by atoms with Gasteiger partial charge < -0.3 is 5.73 Å². The van der Waals surface area contributed by atoms with Gasteiger partial charge in [-0.25, -0.2) is 0 Å². The molecule has 2 unspecified atom stereocenters. The molecule has 0 bridgehead atoms. The lowest BCUT2D eigenvalue weighted by atomic mass is 10.0. The molecule has 3 nitrogen and oxygen atoms in total. The van der Waals surface area contributed by atoms with E-state index in [9.17, 15) is 0 Å². The molecule has 1 heterocycles. The minimum atomic E-state index is 0.438. The van der Waals surface area contributed by atoms with Gasteiger partial charge in [-0.15, -0.1) is 0 Å². The summed E-state index contributed by atoms with van der Waals surface area (Å²) in [7, 11) is 0. The fourth-order valence-corrected chi connectivity index (χ4v) is 1.92. The number of hydrogen-bond acceptors (Lipinski definition) is 3. The van der Waals surface area contributed by atoms with Gasteiger partial charge in [0.25, 0.3) is 0 Å². The van der Waals surface area contributed by atoms with E-state index in [1.165, 1.54) is 5.56 Å². The van der Waals surface area contributed by atoms with Gasteiger partial charge in [-0.3, -0.25) is 10.9 Å². The van der Waals surface area contributed by atoms with E-state index in [0.29, 0.717) is 12.1 Å². The van der Waals surface area contributed by atoms with E-state index in [4.69, 9.17) is 5.73 Å². The maximum atomic E-state index is 5.52. The van der Waals surface area contributed by atoms with E-state index >= 15 is 0 Å². The highest BCUT2D eigenvalue weighted by molar-refractivity contribution is 5.19.